The lowest BCUT2D eigenvalue weighted by Crippen LogP contribution is -2.02. The van der Waals surface area contributed by atoms with Crippen molar-refractivity contribution in [1.82, 2.24) is 9.97 Å². The van der Waals surface area contributed by atoms with Gasteiger partial charge in [0.1, 0.15) is 17.5 Å². The van der Waals surface area contributed by atoms with Gasteiger partial charge in [0.05, 0.1) is 6.20 Å². The topological polar surface area (TPSA) is 87.6 Å². The zero-order chi connectivity index (χ0) is 13.2. The molecular formula is C14H13N5. The third kappa shape index (κ3) is 2.20. The molecule has 1 aromatic carbocycles. The molecule has 0 aliphatic heterocycles. The van der Waals surface area contributed by atoms with Gasteiger partial charge in [0.15, 0.2) is 0 Å². The number of nitrogens with two attached hydrogens (primary N) is 1. The second kappa shape index (κ2) is 4.58. The van der Waals surface area contributed by atoms with Gasteiger partial charge in [0.2, 0.25) is 5.95 Å². The summed E-state index contributed by atoms with van der Waals surface area (Å²) < 4.78 is 0. The molecular weight excluding hydrogens is 238 g/mol. The van der Waals surface area contributed by atoms with E-state index in [1.165, 1.54) is 23.7 Å². The third-order valence-electron chi connectivity index (χ3n) is 3.29. The summed E-state index contributed by atoms with van der Waals surface area (Å²) in [4.78, 5) is 8.14. The molecule has 5 heteroatoms. The van der Waals surface area contributed by atoms with Crippen molar-refractivity contribution in [2.45, 2.75) is 19.3 Å². The van der Waals surface area contributed by atoms with Crippen LogP contribution in [0.2, 0.25) is 0 Å². The van der Waals surface area contributed by atoms with E-state index >= 15 is 0 Å². The van der Waals surface area contributed by atoms with Crippen molar-refractivity contribution in [3.8, 4) is 6.07 Å². The van der Waals surface area contributed by atoms with Crippen LogP contribution in [-0.2, 0) is 12.8 Å². The molecule has 94 valence electrons. The fourth-order valence-corrected chi connectivity index (χ4v) is 2.32. The van der Waals surface area contributed by atoms with Gasteiger partial charge < -0.3 is 11.1 Å². The number of benzene rings is 1. The van der Waals surface area contributed by atoms with Crippen LogP contribution in [-0.4, -0.2) is 9.97 Å². The van der Waals surface area contributed by atoms with Crippen molar-refractivity contribution in [2.24, 2.45) is 0 Å². The van der Waals surface area contributed by atoms with Gasteiger partial charge in [0, 0.05) is 5.69 Å². The summed E-state index contributed by atoms with van der Waals surface area (Å²) in [5, 5.41) is 11.9. The highest BCUT2D eigenvalue weighted by atomic mass is 15.1. The van der Waals surface area contributed by atoms with Crippen LogP contribution in [0.4, 0.5) is 17.5 Å². The summed E-state index contributed by atoms with van der Waals surface area (Å²) in [6.45, 7) is 0. The van der Waals surface area contributed by atoms with Crippen molar-refractivity contribution in [1.29, 1.82) is 5.26 Å². The highest BCUT2D eigenvalue weighted by molar-refractivity contribution is 5.59. The standard InChI is InChI=1S/C14H13N5/c15-7-11-8-17-14(19-13(11)16)18-12-5-4-9-2-1-3-10(9)6-12/h4-6,8H,1-3H2,(H3,16,17,18,19). The van der Waals surface area contributed by atoms with Gasteiger partial charge in [-0.3, -0.25) is 0 Å². The predicted octanol–water partition coefficient (Wildman–Crippen LogP) is 2.16. The zero-order valence-corrected chi connectivity index (χ0v) is 10.3. The second-order valence-electron chi connectivity index (χ2n) is 4.57. The molecule has 0 atom stereocenters. The number of rotatable bonds is 2. The maximum absolute atomic E-state index is 8.77. The van der Waals surface area contributed by atoms with Crippen LogP contribution in [0.3, 0.4) is 0 Å². The normalized spacial score (nSPS) is 12.8. The number of nitrogen functional groups attached to an aromatic ring is 1. The molecule has 0 unspecified atom stereocenters. The molecule has 0 amide bonds. The average molecular weight is 251 g/mol. The molecule has 3 rings (SSSR count). The summed E-state index contributed by atoms with van der Waals surface area (Å²) in [7, 11) is 0. The lowest BCUT2D eigenvalue weighted by molar-refractivity contribution is 0.912. The number of hydrogen-bond acceptors (Lipinski definition) is 5. The Hall–Kier alpha value is -2.61. The summed E-state index contributed by atoms with van der Waals surface area (Å²) in [6.07, 6.45) is 4.94. The van der Waals surface area contributed by atoms with E-state index in [0.717, 1.165) is 18.5 Å². The average Bonchev–Trinajstić information content (AvgIpc) is 2.86. The third-order valence-corrected chi connectivity index (χ3v) is 3.29. The van der Waals surface area contributed by atoms with Crippen molar-refractivity contribution >= 4 is 17.5 Å². The molecule has 0 bridgehead atoms. The number of nitrogens with one attached hydrogen (secondary N) is 1. The minimum atomic E-state index is 0.196. The Kier molecular flexibility index (Phi) is 2.76. The fraction of sp³-hybridized carbons (Fsp3) is 0.214. The minimum Gasteiger partial charge on any atom is -0.382 e. The zero-order valence-electron chi connectivity index (χ0n) is 10.3. The van der Waals surface area contributed by atoms with E-state index in [9.17, 15) is 0 Å². The molecule has 0 radical (unpaired) electrons. The molecule has 0 fully saturated rings. The van der Waals surface area contributed by atoms with Gasteiger partial charge in [-0.15, -0.1) is 0 Å². The molecule has 5 nitrogen and oxygen atoms in total. The number of aromatic nitrogens is 2. The van der Waals surface area contributed by atoms with Crippen LogP contribution >= 0.6 is 0 Å². The van der Waals surface area contributed by atoms with Gasteiger partial charge in [0.25, 0.3) is 0 Å². The van der Waals surface area contributed by atoms with Crippen molar-refractivity contribution in [2.75, 3.05) is 11.1 Å². The van der Waals surface area contributed by atoms with Crippen LogP contribution < -0.4 is 11.1 Å². The van der Waals surface area contributed by atoms with E-state index in [2.05, 4.69) is 27.4 Å². The maximum atomic E-state index is 8.77. The maximum Gasteiger partial charge on any atom is 0.229 e. The lowest BCUT2D eigenvalue weighted by Gasteiger charge is -2.07. The Morgan fingerprint density at radius 2 is 2.11 bits per heavy atom. The number of aryl methyl sites for hydroxylation is 2. The molecule has 1 aliphatic rings. The molecule has 0 spiro atoms. The number of fused-ring (bicyclic) bond motifs is 1. The van der Waals surface area contributed by atoms with Crippen molar-refractivity contribution in [3.63, 3.8) is 0 Å². The SMILES string of the molecule is N#Cc1cnc(Nc2ccc3c(c2)CCC3)nc1N. The molecule has 3 N–H and O–H groups in total. The Bertz CT molecular complexity index is 663. The first-order valence-corrected chi connectivity index (χ1v) is 6.18. The second-order valence-corrected chi connectivity index (χ2v) is 4.57. The Morgan fingerprint density at radius 3 is 2.89 bits per heavy atom. The molecule has 19 heavy (non-hydrogen) atoms. The summed E-state index contributed by atoms with van der Waals surface area (Å²) in [5.74, 6) is 0.607. The van der Waals surface area contributed by atoms with Crippen molar-refractivity contribution < 1.29 is 0 Å². The smallest absolute Gasteiger partial charge is 0.229 e. The van der Waals surface area contributed by atoms with Gasteiger partial charge in [-0.25, -0.2) is 4.98 Å². The molecule has 1 aliphatic carbocycles. The number of nitriles is 1. The quantitative estimate of drug-likeness (QED) is 0.854. The highest BCUT2D eigenvalue weighted by Gasteiger charge is 2.11. The molecule has 0 saturated heterocycles. The number of nitrogens with zero attached hydrogens (tertiary/aromatic N) is 3. The van der Waals surface area contributed by atoms with Crippen LogP contribution in [0.25, 0.3) is 0 Å². The molecule has 1 heterocycles. The first-order valence-electron chi connectivity index (χ1n) is 6.18. The lowest BCUT2D eigenvalue weighted by atomic mass is 10.1. The van der Waals surface area contributed by atoms with E-state index in [0.29, 0.717) is 11.5 Å². The van der Waals surface area contributed by atoms with Gasteiger partial charge in [-0.2, -0.15) is 10.2 Å². The van der Waals surface area contributed by atoms with E-state index in [-0.39, 0.29) is 5.82 Å². The summed E-state index contributed by atoms with van der Waals surface area (Å²) in [5.41, 5.74) is 9.71. The van der Waals surface area contributed by atoms with Crippen LogP contribution in [0.5, 0.6) is 0 Å². The molecule has 0 saturated carbocycles. The van der Waals surface area contributed by atoms with E-state index in [4.69, 9.17) is 11.0 Å². The highest BCUT2D eigenvalue weighted by Crippen LogP contribution is 2.26. The molecule has 2 aromatic rings. The largest absolute Gasteiger partial charge is 0.382 e. The first-order chi connectivity index (χ1) is 9.26. The Balaban J connectivity index is 1.85. The van der Waals surface area contributed by atoms with Gasteiger partial charge in [-0.1, -0.05) is 6.07 Å². The van der Waals surface area contributed by atoms with Gasteiger partial charge >= 0.3 is 0 Å². The minimum absolute atomic E-state index is 0.196. The number of anilines is 3. The van der Waals surface area contributed by atoms with Gasteiger partial charge in [-0.05, 0) is 42.5 Å². The monoisotopic (exact) mass is 251 g/mol. The Morgan fingerprint density at radius 1 is 1.26 bits per heavy atom. The first kappa shape index (κ1) is 11.5. The van der Waals surface area contributed by atoms with E-state index < -0.39 is 0 Å². The predicted molar refractivity (Wildman–Crippen MR) is 72.9 cm³/mol. The van der Waals surface area contributed by atoms with Crippen molar-refractivity contribution in [3.05, 3.63) is 41.1 Å². The molecule has 1 aromatic heterocycles. The summed E-state index contributed by atoms with van der Waals surface area (Å²) in [6, 6.07) is 8.22. The number of hydrogen-bond donors (Lipinski definition) is 2. The Labute approximate surface area is 111 Å². The fourth-order valence-electron chi connectivity index (χ4n) is 2.32. The van der Waals surface area contributed by atoms with Crippen LogP contribution in [0, 0.1) is 11.3 Å². The van der Waals surface area contributed by atoms with E-state index in [1.807, 2.05) is 12.1 Å². The van der Waals surface area contributed by atoms with Crippen LogP contribution in [0.15, 0.2) is 24.4 Å². The van der Waals surface area contributed by atoms with Crippen LogP contribution in [0.1, 0.15) is 23.1 Å². The summed E-state index contributed by atoms with van der Waals surface area (Å²) >= 11 is 0. The van der Waals surface area contributed by atoms with E-state index in [1.54, 1.807) is 0 Å².